The Bertz CT molecular complexity index is 330. The molecule has 0 heterocycles. The van der Waals surface area contributed by atoms with Crippen molar-refractivity contribution in [3.8, 4) is 5.75 Å². The molecule has 1 rings (SSSR count). The predicted molar refractivity (Wildman–Crippen MR) is 58.4 cm³/mol. The number of carbonyl (C=O) groups is 1. The molecule has 0 aliphatic heterocycles. The largest absolute Gasteiger partial charge is 0.493 e. The number of hydrogen-bond donors (Lipinski definition) is 2. The van der Waals surface area contributed by atoms with Crippen LogP contribution in [0.25, 0.3) is 0 Å². The lowest BCUT2D eigenvalue weighted by atomic mass is 10.1. The van der Waals surface area contributed by atoms with Gasteiger partial charge in [0, 0.05) is 0 Å². The van der Waals surface area contributed by atoms with Gasteiger partial charge >= 0.3 is 0 Å². The average molecular weight is 208 g/mol. The normalized spacial score (nSPS) is 9.80. The van der Waals surface area contributed by atoms with Crippen molar-refractivity contribution in [2.75, 3.05) is 6.61 Å². The number of hydrazine groups is 1. The average Bonchev–Trinajstić information content (AvgIpc) is 2.16. The fraction of sp³-hybridized carbons (Fsp3) is 0.364. The predicted octanol–water partition coefficient (Wildman–Crippen LogP) is 1.06. The molecular formula is C11H16N2O2. The van der Waals surface area contributed by atoms with Gasteiger partial charge in [0.2, 0.25) is 5.91 Å². The molecule has 4 heteroatoms. The zero-order chi connectivity index (χ0) is 11.3. The summed E-state index contributed by atoms with van der Waals surface area (Å²) >= 11 is 0. The molecule has 1 aromatic carbocycles. The Kier molecular flexibility index (Phi) is 4.12. The molecule has 0 spiro atoms. The summed E-state index contributed by atoms with van der Waals surface area (Å²) in [6.07, 6.45) is 0.267. The van der Waals surface area contributed by atoms with E-state index in [0.29, 0.717) is 6.61 Å². The van der Waals surface area contributed by atoms with Crippen molar-refractivity contribution in [1.82, 2.24) is 5.43 Å². The van der Waals surface area contributed by atoms with Crippen LogP contribution < -0.4 is 16.0 Å². The van der Waals surface area contributed by atoms with Crippen molar-refractivity contribution in [1.29, 1.82) is 0 Å². The van der Waals surface area contributed by atoms with Crippen LogP contribution in [0.15, 0.2) is 18.2 Å². The third-order valence-electron chi connectivity index (χ3n) is 1.95. The zero-order valence-electron chi connectivity index (χ0n) is 9.04. The highest BCUT2D eigenvalue weighted by Gasteiger charge is 2.00. The topological polar surface area (TPSA) is 64.3 Å². The van der Waals surface area contributed by atoms with Gasteiger partial charge in [0.25, 0.3) is 0 Å². The molecule has 0 radical (unpaired) electrons. The van der Waals surface area contributed by atoms with E-state index in [9.17, 15) is 4.79 Å². The van der Waals surface area contributed by atoms with Crippen LogP contribution in [0.1, 0.15) is 17.5 Å². The molecule has 1 aromatic rings. The molecule has 0 atom stereocenters. The van der Waals surface area contributed by atoms with E-state index in [1.165, 1.54) is 0 Å². The number of benzene rings is 1. The lowest BCUT2D eigenvalue weighted by Crippen LogP contribution is -2.31. The molecule has 0 aliphatic carbocycles. The van der Waals surface area contributed by atoms with Gasteiger partial charge in [-0.15, -0.1) is 0 Å². The summed E-state index contributed by atoms with van der Waals surface area (Å²) in [4.78, 5) is 10.8. The highest BCUT2D eigenvalue weighted by molar-refractivity contribution is 5.75. The summed E-state index contributed by atoms with van der Waals surface area (Å²) in [6, 6.07) is 5.94. The third kappa shape index (κ3) is 3.99. The van der Waals surface area contributed by atoms with Crippen LogP contribution in [0.5, 0.6) is 5.75 Å². The number of aryl methyl sites for hydroxylation is 2. The molecule has 0 fully saturated rings. The molecule has 82 valence electrons. The first kappa shape index (κ1) is 11.5. The summed E-state index contributed by atoms with van der Waals surface area (Å²) in [6.45, 7) is 4.35. The lowest BCUT2D eigenvalue weighted by molar-refractivity contribution is -0.121. The van der Waals surface area contributed by atoms with E-state index in [4.69, 9.17) is 10.6 Å². The minimum absolute atomic E-state index is 0.223. The minimum atomic E-state index is -0.223. The van der Waals surface area contributed by atoms with Gasteiger partial charge in [0.1, 0.15) is 5.75 Å². The van der Waals surface area contributed by atoms with Gasteiger partial charge < -0.3 is 4.74 Å². The Balaban J connectivity index is 2.47. The minimum Gasteiger partial charge on any atom is -0.493 e. The second-order valence-corrected chi connectivity index (χ2v) is 3.49. The van der Waals surface area contributed by atoms with Crippen LogP contribution in [0.3, 0.4) is 0 Å². The molecule has 0 saturated heterocycles. The van der Waals surface area contributed by atoms with E-state index in [2.05, 4.69) is 11.5 Å². The summed E-state index contributed by atoms with van der Waals surface area (Å²) in [5.74, 6) is 5.51. The number of nitrogens with two attached hydrogens (primary N) is 1. The maximum absolute atomic E-state index is 10.8. The first-order chi connectivity index (χ1) is 7.11. The quantitative estimate of drug-likeness (QED) is 0.442. The Morgan fingerprint density at radius 1 is 1.33 bits per heavy atom. The van der Waals surface area contributed by atoms with Gasteiger partial charge in [0.15, 0.2) is 0 Å². The first-order valence-electron chi connectivity index (χ1n) is 4.82. The monoisotopic (exact) mass is 208 g/mol. The standard InChI is InChI=1S/C11H16N2O2/c1-8-5-9(2)7-10(6-8)15-4-3-11(14)13-12/h5-7H,3-4,12H2,1-2H3,(H,13,14). The molecule has 4 nitrogen and oxygen atoms in total. The molecular weight excluding hydrogens is 192 g/mol. The van der Waals surface area contributed by atoms with Crippen LogP contribution in [0, 0.1) is 13.8 Å². The highest BCUT2D eigenvalue weighted by Crippen LogP contribution is 2.16. The van der Waals surface area contributed by atoms with E-state index in [-0.39, 0.29) is 12.3 Å². The maximum atomic E-state index is 10.8. The Labute approximate surface area is 89.4 Å². The number of hydrogen-bond acceptors (Lipinski definition) is 3. The van der Waals surface area contributed by atoms with Crippen LogP contribution >= 0.6 is 0 Å². The van der Waals surface area contributed by atoms with Gasteiger partial charge in [-0.25, -0.2) is 5.84 Å². The van der Waals surface area contributed by atoms with Crippen molar-refractivity contribution >= 4 is 5.91 Å². The van der Waals surface area contributed by atoms with Gasteiger partial charge in [-0.2, -0.15) is 0 Å². The Hall–Kier alpha value is -1.55. The number of nitrogens with one attached hydrogen (secondary N) is 1. The first-order valence-corrected chi connectivity index (χ1v) is 4.82. The summed E-state index contributed by atoms with van der Waals surface area (Å²) in [7, 11) is 0. The van der Waals surface area contributed by atoms with E-state index in [0.717, 1.165) is 16.9 Å². The molecule has 3 N–H and O–H groups in total. The van der Waals surface area contributed by atoms with Gasteiger partial charge in [-0.05, 0) is 37.1 Å². The summed E-state index contributed by atoms with van der Waals surface area (Å²) < 4.78 is 5.42. The van der Waals surface area contributed by atoms with E-state index in [1.807, 2.05) is 26.0 Å². The zero-order valence-corrected chi connectivity index (χ0v) is 9.04. The number of rotatable bonds is 4. The summed E-state index contributed by atoms with van der Waals surface area (Å²) in [5.41, 5.74) is 4.35. The van der Waals surface area contributed by atoms with Crippen molar-refractivity contribution in [3.63, 3.8) is 0 Å². The molecule has 0 aliphatic rings. The van der Waals surface area contributed by atoms with E-state index >= 15 is 0 Å². The fourth-order valence-corrected chi connectivity index (χ4v) is 1.35. The fourth-order valence-electron chi connectivity index (χ4n) is 1.35. The number of ether oxygens (including phenoxy) is 1. The Morgan fingerprint density at radius 3 is 2.47 bits per heavy atom. The van der Waals surface area contributed by atoms with Crippen molar-refractivity contribution < 1.29 is 9.53 Å². The third-order valence-corrected chi connectivity index (χ3v) is 1.95. The molecule has 0 saturated carbocycles. The molecule has 0 bridgehead atoms. The van der Waals surface area contributed by atoms with E-state index in [1.54, 1.807) is 0 Å². The second-order valence-electron chi connectivity index (χ2n) is 3.49. The number of amides is 1. The summed E-state index contributed by atoms with van der Waals surface area (Å²) in [5, 5.41) is 0. The Morgan fingerprint density at radius 2 is 1.93 bits per heavy atom. The van der Waals surface area contributed by atoms with Gasteiger partial charge in [-0.1, -0.05) is 6.07 Å². The molecule has 0 unspecified atom stereocenters. The van der Waals surface area contributed by atoms with Gasteiger partial charge in [0.05, 0.1) is 13.0 Å². The van der Waals surface area contributed by atoms with Crippen LogP contribution in [-0.4, -0.2) is 12.5 Å². The van der Waals surface area contributed by atoms with Crippen LogP contribution in [0.4, 0.5) is 0 Å². The molecule has 1 amide bonds. The van der Waals surface area contributed by atoms with Crippen LogP contribution in [-0.2, 0) is 4.79 Å². The van der Waals surface area contributed by atoms with Crippen molar-refractivity contribution in [2.24, 2.45) is 5.84 Å². The van der Waals surface area contributed by atoms with E-state index < -0.39 is 0 Å². The molecule has 15 heavy (non-hydrogen) atoms. The van der Waals surface area contributed by atoms with Crippen molar-refractivity contribution in [3.05, 3.63) is 29.3 Å². The number of carbonyl (C=O) groups excluding carboxylic acids is 1. The van der Waals surface area contributed by atoms with Crippen LogP contribution in [0.2, 0.25) is 0 Å². The smallest absolute Gasteiger partial charge is 0.237 e. The SMILES string of the molecule is Cc1cc(C)cc(OCCC(=O)NN)c1. The molecule has 0 aromatic heterocycles. The van der Waals surface area contributed by atoms with Crippen molar-refractivity contribution in [2.45, 2.75) is 20.3 Å². The lowest BCUT2D eigenvalue weighted by Gasteiger charge is -2.07. The second kappa shape index (κ2) is 5.36. The maximum Gasteiger partial charge on any atom is 0.237 e. The van der Waals surface area contributed by atoms with Gasteiger partial charge in [-0.3, -0.25) is 10.2 Å². The highest BCUT2D eigenvalue weighted by atomic mass is 16.5.